The van der Waals surface area contributed by atoms with Gasteiger partial charge in [0.2, 0.25) is 0 Å². The first kappa shape index (κ1) is 8.99. The molecule has 3 heteroatoms. The molecule has 0 aliphatic carbocycles. The van der Waals surface area contributed by atoms with Crippen molar-refractivity contribution in [3.63, 3.8) is 0 Å². The molecule has 0 amide bonds. The minimum Gasteiger partial charge on any atom is -0.278 e. The van der Waals surface area contributed by atoms with Crippen molar-refractivity contribution >= 4 is 33.5 Å². The third kappa shape index (κ3) is 1.45. The highest BCUT2D eigenvalue weighted by Crippen LogP contribution is 2.28. The van der Waals surface area contributed by atoms with Crippen LogP contribution in [0.3, 0.4) is 0 Å². The van der Waals surface area contributed by atoms with Crippen LogP contribution in [-0.4, -0.2) is 10.2 Å². The number of hydrogen-bond acceptors (Lipinski definition) is 1. The Bertz CT molecular complexity index is 431. The first-order chi connectivity index (χ1) is 6.20. The Balaban J connectivity index is 2.80. The van der Waals surface area contributed by atoms with Gasteiger partial charge >= 0.3 is 0 Å². The summed E-state index contributed by atoms with van der Waals surface area (Å²) in [6.45, 7) is 4.42. The molecule has 0 aliphatic rings. The van der Waals surface area contributed by atoms with Crippen LogP contribution in [0.1, 0.15) is 25.3 Å². The van der Waals surface area contributed by atoms with E-state index < -0.39 is 0 Å². The zero-order valence-corrected chi connectivity index (χ0v) is 9.79. The number of hydrogen-bond donors (Lipinski definition) is 1. The highest BCUT2D eigenvalue weighted by atomic mass is 127. The quantitative estimate of drug-likeness (QED) is 0.801. The van der Waals surface area contributed by atoms with Gasteiger partial charge in [0, 0.05) is 8.96 Å². The van der Waals surface area contributed by atoms with Gasteiger partial charge in [-0.25, -0.2) is 0 Å². The fraction of sp³-hybridized carbons (Fsp3) is 0.300. The van der Waals surface area contributed by atoms with Crippen LogP contribution in [0.15, 0.2) is 18.3 Å². The van der Waals surface area contributed by atoms with E-state index in [1.165, 1.54) is 14.5 Å². The van der Waals surface area contributed by atoms with Crippen LogP contribution in [0.2, 0.25) is 0 Å². The Kier molecular flexibility index (Phi) is 2.27. The average Bonchev–Trinajstić information content (AvgIpc) is 2.50. The van der Waals surface area contributed by atoms with Crippen molar-refractivity contribution in [3.05, 3.63) is 27.5 Å². The number of nitrogens with zero attached hydrogens (tertiary/aromatic N) is 1. The summed E-state index contributed by atoms with van der Waals surface area (Å²) < 4.78 is 1.32. The van der Waals surface area contributed by atoms with Crippen LogP contribution in [0, 0.1) is 3.57 Å². The van der Waals surface area contributed by atoms with E-state index in [0.717, 1.165) is 5.52 Å². The number of benzene rings is 1. The van der Waals surface area contributed by atoms with Crippen molar-refractivity contribution in [2.75, 3.05) is 0 Å². The Morgan fingerprint density at radius 3 is 2.85 bits per heavy atom. The standard InChI is InChI=1S/C10H11IN2/c1-6(2)10-7-5-12-13-9(7)4-3-8(10)11/h3-6H,1-2H3,(H,12,13). The molecule has 0 aliphatic heterocycles. The molecule has 0 unspecified atom stereocenters. The number of fused-ring (bicyclic) bond motifs is 1. The van der Waals surface area contributed by atoms with E-state index in [9.17, 15) is 0 Å². The predicted molar refractivity (Wildman–Crippen MR) is 62.9 cm³/mol. The van der Waals surface area contributed by atoms with Crippen LogP contribution in [0.5, 0.6) is 0 Å². The highest BCUT2D eigenvalue weighted by Gasteiger charge is 2.09. The first-order valence-electron chi connectivity index (χ1n) is 4.31. The molecule has 1 heterocycles. The summed E-state index contributed by atoms with van der Waals surface area (Å²) in [6.07, 6.45) is 1.91. The lowest BCUT2D eigenvalue weighted by molar-refractivity contribution is 0.870. The van der Waals surface area contributed by atoms with Crippen molar-refractivity contribution in [2.45, 2.75) is 19.8 Å². The van der Waals surface area contributed by atoms with E-state index in [-0.39, 0.29) is 0 Å². The minimum absolute atomic E-state index is 0.549. The summed E-state index contributed by atoms with van der Waals surface area (Å²) in [7, 11) is 0. The fourth-order valence-electron chi connectivity index (χ4n) is 1.60. The minimum atomic E-state index is 0.549. The largest absolute Gasteiger partial charge is 0.278 e. The molecule has 1 aromatic carbocycles. The van der Waals surface area contributed by atoms with E-state index >= 15 is 0 Å². The van der Waals surface area contributed by atoms with E-state index in [4.69, 9.17) is 0 Å². The second-order valence-corrected chi connectivity index (χ2v) is 4.61. The SMILES string of the molecule is CC(C)c1c(I)ccc2[nH]ncc12. The second kappa shape index (κ2) is 3.29. The van der Waals surface area contributed by atoms with Crippen LogP contribution in [0.25, 0.3) is 10.9 Å². The Hall–Kier alpha value is -0.580. The van der Waals surface area contributed by atoms with Crippen molar-refractivity contribution in [1.29, 1.82) is 0 Å². The predicted octanol–water partition coefficient (Wildman–Crippen LogP) is 3.29. The van der Waals surface area contributed by atoms with Crippen LogP contribution < -0.4 is 0 Å². The summed E-state index contributed by atoms with van der Waals surface area (Å²) in [4.78, 5) is 0. The zero-order chi connectivity index (χ0) is 9.42. The number of aromatic amines is 1. The van der Waals surface area contributed by atoms with Crippen molar-refractivity contribution in [3.8, 4) is 0 Å². The summed E-state index contributed by atoms with van der Waals surface area (Å²) >= 11 is 2.38. The molecule has 0 saturated heterocycles. The van der Waals surface area contributed by atoms with Gasteiger partial charge in [0.15, 0.2) is 0 Å². The maximum Gasteiger partial charge on any atom is 0.0653 e. The van der Waals surface area contributed by atoms with E-state index in [0.29, 0.717) is 5.92 Å². The molecule has 2 nitrogen and oxygen atoms in total. The van der Waals surface area contributed by atoms with Gasteiger partial charge in [-0.15, -0.1) is 0 Å². The van der Waals surface area contributed by atoms with Gasteiger partial charge in [0.25, 0.3) is 0 Å². The molecule has 1 aromatic heterocycles. The van der Waals surface area contributed by atoms with E-state index in [1.54, 1.807) is 0 Å². The topological polar surface area (TPSA) is 28.7 Å². The van der Waals surface area contributed by atoms with Crippen molar-refractivity contribution in [2.24, 2.45) is 0 Å². The molecule has 13 heavy (non-hydrogen) atoms. The number of rotatable bonds is 1. The Morgan fingerprint density at radius 2 is 2.15 bits per heavy atom. The lowest BCUT2D eigenvalue weighted by atomic mass is 10.00. The molecular formula is C10H11IN2. The highest BCUT2D eigenvalue weighted by molar-refractivity contribution is 14.1. The van der Waals surface area contributed by atoms with Gasteiger partial charge < -0.3 is 0 Å². The maximum atomic E-state index is 4.06. The maximum absolute atomic E-state index is 4.06. The molecule has 2 aromatic rings. The zero-order valence-electron chi connectivity index (χ0n) is 7.63. The molecule has 1 N–H and O–H groups in total. The van der Waals surface area contributed by atoms with Gasteiger partial charge in [-0.3, -0.25) is 5.10 Å². The lowest BCUT2D eigenvalue weighted by Gasteiger charge is -2.08. The van der Waals surface area contributed by atoms with Crippen molar-refractivity contribution < 1.29 is 0 Å². The van der Waals surface area contributed by atoms with Crippen LogP contribution >= 0.6 is 22.6 Å². The second-order valence-electron chi connectivity index (χ2n) is 3.45. The van der Waals surface area contributed by atoms with Crippen molar-refractivity contribution in [1.82, 2.24) is 10.2 Å². The molecule has 68 valence electrons. The van der Waals surface area contributed by atoms with E-state index in [2.05, 4.69) is 58.8 Å². The summed E-state index contributed by atoms with van der Waals surface area (Å²) in [5.74, 6) is 0.549. The monoisotopic (exact) mass is 286 g/mol. The van der Waals surface area contributed by atoms with Gasteiger partial charge in [0.1, 0.15) is 0 Å². The molecule has 2 rings (SSSR count). The summed E-state index contributed by atoms with van der Waals surface area (Å²) in [5, 5.41) is 8.30. The lowest BCUT2D eigenvalue weighted by Crippen LogP contribution is -1.92. The van der Waals surface area contributed by atoms with Gasteiger partial charge in [-0.2, -0.15) is 5.10 Å². The molecule has 0 spiro atoms. The molecule has 0 fully saturated rings. The third-order valence-corrected chi connectivity index (χ3v) is 3.13. The fourth-order valence-corrected chi connectivity index (χ4v) is 2.69. The smallest absolute Gasteiger partial charge is 0.0653 e. The van der Waals surface area contributed by atoms with Gasteiger partial charge in [0.05, 0.1) is 11.7 Å². The summed E-state index contributed by atoms with van der Waals surface area (Å²) in [6, 6.07) is 4.21. The Labute approximate surface area is 90.9 Å². The number of aromatic nitrogens is 2. The third-order valence-electron chi connectivity index (χ3n) is 2.19. The average molecular weight is 286 g/mol. The number of halogens is 1. The normalized spacial score (nSPS) is 11.4. The van der Waals surface area contributed by atoms with Gasteiger partial charge in [-0.05, 0) is 46.2 Å². The summed E-state index contributed by atoms with van der Waals surface area (Å²) in [5.41, 5.74) is 2.52. The first-order valence-corrected chi connectivity index (χ1v) is 5.39. The molecule has 0 bridgehead atoms. The molecular weight excluding hydrogens is 275 g/mol. The Morgan fingerprint density at radius 1 is 1.38 bits per heavy atom. The van der Waals surface area contributed by atoms with Crippen LogP contribution in [-0.2, 0) is 0 Å². The van der Waals surface area contributed by atoms with Crippen LogP contribution in [0.4, 0.5) is 0 Å². The molecule has 0 atom stereocenters. The molecule has 0 radical (unpaired) electrons. The molecule has 0 saturated carbocycles. The number of H-pyrrole nitrogens is 1. The number of nitrogens with one attached hydrogen (secondary N) is 1. The van der Waals surface area contributed by atoms with E-state index in [1.807, 2.05) is 6.20 Å². The van der Waals surface area contributed by atoms with Gasteiger partial charge in [-0.1, -0.05) is 13.8 Å².